The van der Waals surface area contributed by atoms with Gasteiger partial charge in [-0.15, -0.1) is 11.3 Å². The molecule has 0 bridgehead atoms. The lowest BCUT2D eigenvalue weighted by Gasteiger charge is -2.27. The third kappa shape index (κ3) is 3.41. The molecule has 0 fully saturated rings. The van der Waals surface area contributed by atoms with Crippen molar-refractivity contribution >= 4 is 66.3 Å². The highest BCUT2D eigenvalue weighted by Gasteiger charge is 2.24. The quantitative estimate of drug-likeness (QED) is 0.216. The van der Waals surface area contributed by atoms with Gasteiger partial charge in [0, 0.05) is 54.4 Å². The molecule has 2 aromatic heterocycles. The maximum Gasteiger partial charge on any atom is 0.0562 e. The molecule has 0 aliphatic carbocycles. The molecule has 40 heavy (non-hydrogen) atoms. The normalized spacial score (nSPS) is 13.8. The zero-order valence-electron chi connectivity index (χ0n) is 22.1. The first-order valence-electron chi connectivity index (χ1n) is 13.6. The van der Waals surface area contributed by atoms with Gasteiger partial charge in [0.15, 0.2) is 0 Å². The molecule has 2 nitrogen and oxygen atoms in total. The Morgan fingerprint density at radius 1 is 0.650 bits per heavy atom. The van der Waals surface area contributed by atoms with E-state index >= 15 is 0 Å². The molecule has 0 radical (unpaired) electrons. The fraction of sp³-hybridized carbons (Fsp3) is 0.0270. The van der Waals surface area contributed by atoms with Gasteiger partial charge in [0.05, 0.1) is 16.7 Å². The summed E-state index contributed by atoms with van der Waals surface area (Å²) in [6, 6.07) is 41.5. The molecule has 0 unspecified atom stereocenters. The minimum Gasteiger partial charge on any atom is -0.316 e. The SMILES string of the molecule is C=C1c2cc3c4ccccc4n(-c4ccccc4)c3cc2N(c2ccc(C)cc2)/C=C\c2c1sc1ccccc21. The van der Waals surface area contributed by atoms with Crippen LogP contribution in [0.2, 0.25) is 0 Å². The van der Waals surface area contributed by atoms with Crippen LogP contribution >= 0.6 is 11.3 Å². The highest BCUT2D eigenvalue weighted by Crippen LogP contribution is 2.47. The van der Waals surface area contributed by atoms with Crippen molar-refractivity contribution in [1.82, 2.24) is 4.57 Å². The molecule has 1 aliphatic rings. The first-order valence-corrected chi connectivity index (χ1v) is 14.4. The van der Waals surface area contributed by atoms with Crippen molar-refractivity contribution in [2.75, 3.05) is 4.90 Å². The third-order valence-corrected chi connectivity index (χ3v) is 9.25. The third-order valence-electron chi connectivity index (χ3n) is 8.00. The van der Waals surface area contributed by atoms with Gasteiger partial charge >= 0.3 is 0 Å². The summed E-state index contributed by atoms with van der Waals surface area (Å²) in [6.45, 7) is 6.86. The lowest BCUT2D eigenvalue weighted by molar-refractivity contribution is 1.17. The van der Waals surface area contributed by atoms with Gasteiger partial charge in [-0.3, -0.25) is 0 Å². The van der Waals surface area contributed by atoms with E-state index in [0.717, 1.165) is 28.2 Å². The molecule has 7 aromatic rings. The number of hydrogen-bond donors (Lipinski definition) is 0. The van der Waals surface area contributed by atoms with Gasteiger partial charge in [-0.05, 0) is 67.1 Å². The Balaban J connectivity index is 1.49. The number of benzene rings is 5. The van der Waals surface area contributed by atoms with Crippen LogP contribution in [0, 0.1) is 6.92 Å². The van der Waals surface area contributed by atoms with E-state index in [4.69, 9.17) is 6.58 Å². The minimum absolute atomic E-state index is 1.06. The second kappa shape index (κ2) is 8.84. The van der Waals surface area contributed by atoms with E-state index in [2.05, 4.69) is 144 Å². The van der Waals surface area contributed by atoms with E-state index in [-0.39, 0.29) is 0 Å². The molecule has 3 heterocycles. The van der Waals surface area contributed by atoms with Crippen LogP contribution in [0.5, 0.6) is 0 Å². The zero-order chi connectivity index (χ0) is 26.8. The molecule has 0 spiro atoms. The largest absolute Gasteiger partial charge is 0.316 e. The molecule has 3 heteroatoms. The summed E-state index contributed by atoms with van der Waals surface area (Å²) in [4.78, 5) is 3.55. The second-order valence-electron chi connectivity index (χ2n) is 10.4. The summed E-state index contributed by atoms with van der Waals surface area (Å²) < 4.78 is 3.67. The number of hydrogen-bond acceptors (Lipinski definition) is 2. The lowest BCUT2D eigenvalue weighted by Crippen LogP contribution is -2.12. The second-order valence-corrected chi connectivity index (χ2v) is 11.5. The van der Waals surface area contributed by atoms with Crippen molar-refractivity contribution < 1.29 is 0 Å². The standard InChI is InChI=1S/C37H26N2S/c1-24-16-18-26(19-17-24)38-21-20-30-29-13-7-9-15-36(29)40-37(30)25(2)31-22-32-28-12-6-8-14-33(28)39(35(32)23-34(31)38)27-10-4-3-5-11-27/h3-23H,2H2,1H3/b21-20-. The van der Waals surface area contributed by atoms with Crippen LogP contribution in [-0.2, 0) is 0 Å². The number of aromatic nitrogens is 1. The van der Waals surface area contributed by atoms with Crippen LogP contribution in [0.4, 0.5) is 11.4 Å². The van der Waals surface area contributed by atoms with Crippen molar-refractivity contribution in [2.24, 2.45) is 0 Å². The van der Waals surface area contributed by atoms with Crippen LogP contribution in [0.1, 0.15) is 21.6 Å². The average Bonchev–Trinajstić information content (AvgIpc) is 3.52. The Labute approximate surface area is 237 Å². The summed E-state index contributed by atoms with van der Waals surface area (Å²) >= 11 is 1.83. The van der Waals surface area contributed by atoms with Gasteiger partial charge in [0.2, 0.25) is 0 Å². The van der Waals surface area contributed by atoms with Crippen LogP contribution in [0.15, 0.2) is 128 Å². The van der Waals surface area contributed by atoms with E-state index in [1.54, 1.807) is 0 Å². The van der Waals surface area contributed by atoms with Gasteiger partial charge in [-0.1, -0.05) is 78.9 Å². The zero-order valence-corrected chi connectivity index (χ0v) is 23.0. The number of nitrogens with zero attached hydrogens (tertiary/aromatic N) is 2. The fourth-order valence-corrected chi connectivity index (χ4v) is 7.21. The summed E-state index contributed by atoms with van der Waals surface area (Å²) in [5.74, 6) is 0. The lowest BCUT2D eigenvalue weighted by atomic mass is 9.95. The topological polar surface area (TPSA) is 8.17 Å². The van der Waals surface area contributed by atoms with Gasteiger partial charge < -0.3 is 9.47 Å². The Bertz CT molecular complexity index is 2130. The first-order chi connectivity index (χ1) is 19.7. The molecule has 8 rings (SSSR count). The van der Waals surface area contributed by atoms with Gasteiger partial charge in [0.1, 0.15) is 0 Å². The average molecular weight is 531 g/mol. The van der Waals surface area contributed by atoms with Gasteiger partial charge in [0.25, 0.3) is 0 Å². The smallest absolute Gasteiger partial charge is 0.0562 e. The number of fused-ring (bicyclic) bond motifs is 7. The Kier molecular flexibility index (Phi) is 5.10. The van der Waals surface area contributed by atoms with Crippen molar-refractivity contribution in [3.8, 4) is 5.69 Å². The predicted molar refractivity (Wildman–Crippen MR) is 173 cm³/mol. The molecular weight excluding hydrogens is 504 g/mol. The Hall–Kier alpha value is -4.86. The number of para-hydroxylation sites is 2. The summed E-state index contributed by atoms with van der Waals surface area (Å²) in [7, 11) is 0. The van der Waals surface area contributed by atoms with Crippen molar-refractivity contribution in [1.29, 1.82) is 0 Å². The Morgan fingerprint density at radius 3 is 2.20 bits per heavy atom. The van der Waals surface area contributed by atoms with Gasteiger partial charge in [-0.25, -0.2) is 0 Å². The van der Waals surface area contributed by atoms with E-state index in [0.29, 0.717) is 0 Å². The molecular formula is C37H26N2S. The molecule has 0 atom stereocenters. The highest BCUT2D eigenvalue weighted by molar-refractivity contribution is 7.20. The minimum atomic E-state index is 1.06. The van der Waals surface area contributed by atoms with Crippen LogP contribution in [0.25, 0.3) is 49.2 Å². The summed E-state index contributed by atoms with van der Waals surface area (Å²) in [5, 5.41) is 3.75. The Morgan fingerprint density at radius 2 is 1.38 bits per heavy atom. The number of aryl methyl sites for hydroxylation is 1. The molecule has 0 saturated carbocycles. The fourth-order valence-electron chi connectivity index (χ4n) is 6.04. The van der Waals surface area contributed by atoms with Crippen LogP contribution in [-0.4, -0.2) is 4.57 Å². The summed E-state index contributed by atoms with van der Waals surface area (Å²) in [5.41, 5.74) is 10.5. The van der Waals surface area contributed by atoms with Crippen molar-refractivity contribution in [3.63, 3.8) is 0 Å². The molecule has 190 valence electrons. The van der Waals surface area contributed by atoms with E-state index in [1.165, 1.54) is 47.9 Å². The molecule has 0 amide bonds. The molecule has 0 N–H and O–H groups in total. The van der Waals surface area contributed by atoms with Crippen LogP contribution in [0.3, 0.4) is 0 Å². The first kappa shape index (κ1) is 23.1. The molecule has 5 aromatic carbocycles. The van der Waals surface area contributed by atoms with Crippen molar-refractivity contribution in [2.45, 2.75) is 6.92 Å². The van der Waals surface area contributed by atoms with E-state index < -0.39 is 0 Å². The maximum atomic E-state index is 4.73. The van der Waals surface area contributed by atoms with Crippen LogP contribution < -0.4 is 4.90 Å². The van der Waals surface area contributed by atoms with E-state index in [1.807, 2.05) is 11.3 Å². The highest BCUT2D eigenvalue weighted by atomic mass is 32.1. The predicted octanol–water partition coefficient (Wildman–Crippen LogP) is 10.5. The maximum absolute atomic E-state index is 4.73. The number of anilines is 2. The molecule has 0 saturated heterocycles. The summed E-state index contributed by atoms with van der Waals surface area (Å²) in [6.07, 6.45) is 4.49. The molecule has 1 aliphatic heterocycles. The van der Waals surface area contributed by atoms with Crippen molar-refractivity contribution in [3.05, 3.63) is 150 Å². The van der Waals surface area contributed by atoms with E-state index in [9.17, 15) is 0 Å². The van der Waals surface area contributed by atoms with Gasteiger partial charge in [-0.2, -0.15) is 0 Å². The monoisotopic (exact) mass is 530 g/mol. The number of rotatable bonds is 2. The number of thiophene rings is 1.